The number of amides is 2. The first kappa shape index (κ1) is 31.0. The molecule has 0 heterocycles. The molecule has 0 saturated heterocycles. The summed E-state index contributed by atoms with van der Waals surface area (Å²) in [5.74, 6) is 0.0984. The Hall–Kier alpha value is -3.56. The molecule has 0 aliphatic heterocycles. The Morgan fingerprint density at radius 1 is 0.975 bits per heavy atom. The van der Waals surface area contributed by atoms with E-state index in [2.05, 4.69) is 5.32 Å². The third-order valence-corrected chi connectivity index (χ3v) is 7.78. The summed E-state index contributed by atoms with van der Waals surface area (Å²) in [4.78, 5) is 28.3. The van der Waals surface area contributed by atoms with Gasteiger partial charge in [0.15, 0.2) is 0 Å². The Balaban J connectivity index is 1.82. The number of carbonyl (C=O) groups is 2. The number of anilines is 1. The lowest BCUT2D eigenvalue weighted by Crippen LogP contribution is -2.49. The lowest BCUT2D eigenvalue weighted by Gasteiger charge is -2.31. The van der Waals surface area contributed by atoms with Crippen molar-refractivity contribution < 1.29 is 22.7 Å². The van der Waals surface area contributed by atoms with Crippen molar-refractivity contribution >= 4 is 39.1 Å². The molecule has 0 saturated carbocycles. The monoisotopic (exact) mass is 585 g/mol. The van der Waals surface area contributed by atoms with Crippen LogP contribution in [0, 0.1) is 0 Å². The van der Waals surface area contributed by atoms with E-state index in [1.54, 1.807) is 54.4 Å². The van der Waals surface area contributed by atoms with Crippen LogP contribution in [0.25, 0.3) is 0 Å². The molecule has 1 atom stereocenters. The maximum atomic E-state index is 13.7. The van der Waals surface area contributed by atoms with Crippen LogP contribution in [0.1, 0.15) is 30.9 Å². The first-order chi connectivity index (χ1) is 19.1. The number of hydrogen-bond acceptors (Lipinski definition) is 5. The van der Waals surface area contributed by atoms with Crippen LogP contribution in [-0.2, 0) is 32.6 Å². The fraction of sp³-hybridized carbons (Fsp3) is 0.333. The van der Waals surface area contributed by atoms with Gasteiger partial charge in [0.1, 0.15) is 11.8 Å². The van der Waals surface area contributed by atoms with Gasteiger partial charge in [-0.05, 0) is 60.9 Å². The number of ether oxygens (including phenoxy) is 1. The Morgan fingerprint density at radius 3 is 2.25 bits per heavy atom. The Kier molecular flexibility index (Phi) is 11.4. The van der Waals surface area contributed by atoms with Gasteiger partial charge in [-0.15, -0.1) is 0 Å². The second kappa shape index (κ2) is 14.7. The predicted octanol–water partition coefficient (Wildman–Crippen LogP) is 4.67. The van der Waals surface area contributed by atoms with Crippen LogP contribution in [0.4, 0.5) is 5.69 Å². The van der Waals surface area contributed by atoms with Crippen molar-refractivity contribution in [3.8, 4) is 5.75 Å². The number of benzene rings is 3. The lowest BCUT2D eigenvalue weighted by atomic mass is 10.0. The van der Waals surface area contributed by atoms with Crippen molar-refractivity contribution in [2.24, 2.45) is 0 Å². The minimum absolute atomic E-state index is 0.0475. The average Bonchev–Trinajstić information content (AvgIpc) is 2.93. The van der Waals surface area contributed by atoms with E-state index >= 15 is 0 Å². The third kappa shape index (κ3) is 8.99. The summed E-state index contributed by atoms with van der Waals surface area (Å²) in [6.45, 7) is 2.66. The Bertz CT molecular complexity index is 1370. The average molecular weight is 586 g/mol. The van der Waals surface area contributed by atoms with Crippen LogP contribution < -0.4 is 14.4 Å². The minimum Gasteiger partial charge on any atom is -0.494 e. The number of likely N-dealkylation sites (N-methyl/N-ethyl adjacent to an activating group) is 1. The van der Waals surface area contributed by atoms with Gasteiger partial charge in [-0.25, -0.2) is 8.42 Å². The van der Waals surface area contributed by atoms with Crippen molar-refractivity contribution in [1.82, 2.24) is 10.2 Å². The van der Waals surface area contributed by atoms with Crippen molar-refractivity contribution in [3.05, 3.63) is 95.0 Å². The summed E-state index contributed by atoms with van der Waals surface area (Å²) < 4.78 is 31.9. The van der Waals surface area contributed by atoms with Crippen molar-refractivity contribution in [1.29, 1.82) is 0 Å². The highest BCUT2D eigenvalue weighted by Gasteiger charge is 2.30. The van der Waals surface area contributed by atoms with Crippen molar-refractivity contribution in [3.63, 3.8) is 0 Å². The standard InChI is InChI=1S/C30H36ClN3O5S/c1-4-39-27-17-15-26(16-18-27)34(40(3,37)38)19-9-14-29(35)33(22-24-12-8-13-25(31)20-24)28(30(36)32-2)21-23-10-6-5-7-11-23/h5-8,10-13,15-18,20,28H,4,9,14,19,21-22H2,1-3H3,(H,32,36)/t28-/m0/s1. The minimum atomic E-state index is -3.60. The van der Waals surface area contributed by atoms with E-state index in [9.17, 15) is 18.0 Å². The molecule has 0 aromatic heterocycles. The molecule has 0 aliphatic carbocycles. The summed E-state index contributed by atoms with van der Waals surface area (Å²) in [6.07, 6.45) is 1.77. The maximum Gasteiger partial charge on any atom is 0.242 e. The molecule has 0 aliphatic rings. The molecular weight excluding hydrogens is 550 g/mol. The molecular formula is C30H36ClN3O5S. The van der Waals surface area contributed by atoms with E-state index in [0.29, 0.717) is 29.5 Å². The van der Waals surface area contributed by atoms with Gasteiger partial charge in [-0.2, -0.15) is 0 Å². The highest BCUT2D eigenvalue weighted by Crippen LogP contribution is 2.23. The zero-order chi connectivity index (χ0) is 29.1. The Labute approximate surface area is 241 Å². The van der Waals surface area contributed by atoms with Gasteiger partial charge < -0.3 is 15.0 Å². The number of nitrogens with zero attached hydrogens (tertiary/aromatic N) is 2. The fourth-order valence-electron chi connectivity index (χ4n) is 4.43. The summed E-state index contributed by atoms with van der Waals surface area (Å²) >= 11 is 6.20. The predicted molar refractivity (Wildman–Crippen MR) is 159 cm³/mol. The molecule has 8 nitrogen and oxygen atoms in total. The van der Waals surface area contributed by atoms with Crippen LogP contribution in [0.15, 0.2) is 78.9 Å². The van der Waals surface area contributed by atoms with Gasteiger partial charge in [0.2, 0.25) is 21.8 Å². The zero-order valence-electron chi connectivity index (χ0n) is 23.0. The van der Waals surface area contributed by atoms with Crippen molar-refractivity contribution in [2.75, 3.05) is 30.8 Å². The van der Waals surface area contributed by atoms with E-state index in [-0.39, 0.29) is 37.7 Å². The molecule has 0 spiro atoms. The number of halogens is 1. The molecule has 0 unspecified atom stereocenters. The van der Waals surface area contributed by atoms with Crippen molar-refractivity contribution in [2.45, 2.75) is 38.8 Å². The highest BCUT2D eigenvalue weighted by molar-refractivity contribution is 7.92. The van der Waals surface area contributed by atoms with Gasteiger partial charge in [0.05, 0.1) is 18.6 Å². The van der Waals surface area contributed by atoms with Crippen LogP contribution in [0.2, 0.25) is 5.02 Å². The number of carbonyl (C=O) groups excluding carboxylic acids is 2. The molecule has 0 bridgehead atoms. The molecule has 0 radical (unpaired) electrons. The second-order valence-corrected chi connectivity index (χ2v) is 11.7. The molecule has 214 valence electrons. The first-order valence-electron chi connectivity index (χ1n) is 13.1. The molecule has 0 fully saturated rings. The van der Waals surface area contributed by atoms with Gasteiger partial charge in [-0.3, -0.25) is 13.9 Å². The smallest absolute Gasteiger partial charge is 0.242 e. The van der Waals surface area contributed by atoms with Crippen LogP contribution in [0.5, 0.6) is 5.75 Å². The Morgan fingerprint density at radius 2 is 1.65 bits per heavy atom. The largest absolute Gasteiger partial charge is 0.494 e. The van der Waals surface area contributed by atoms with E-state index in [4.69, 9.17) is 16.3 Å². The summed E-state index contributed by atoms with van der Waals surface area (Å²) in [7, 11) is -2.06. The molecule has 1 N–H and O–H groups in total. The quantitative estimate of drug-likeness (QED) is 0.297. The normalized spacial score (nSPS) is 11.9. The van der Waals surface area contributed by atoms with Gasteiger partial charge in [-0.1, -0.05) is 54.1 Å². The van der Waals surface area contributed by atoms with Crippen LogP contribution >= 0.6 is 11.6 Å². The third-order valence-electron chi connectivity index (χ3n) is 6.35. The number of rotatable bonds is 14. The fourth-order valence-corrected chi connectivity index (χ4v) is 5.61. The molecule has 10 heteroatoms. The second-order valence-electron chi connectivity index (χ2n) is 9.34. The first-order valence-corrected chi connectivity index (χ1v) is 15.3. The molecule has 3 rings (SSSR count). The van der Waals surface area contributed by atoms with Crippen LogP contribution in [0.3, 0.4) is 0 Å². The van der Waals surface area contributed by atoms with Gasteiger partial charge >= 0.3 is 0 Å². The van der Waals surface area contributed by atoms with E-state index < -0.39 is 16.1 Å². The lowest BCUT2D eigenvalue weighted by molar-refractivity contribution is -0.141. The zero-order valence-corrected chi connectivity index (χ0v) is 24.6. The molecule has 3 aromatic carbocycles. The molecule has 3 aromatic rings. The number of nitrogens with one attached hydrogen (secondary N) is 1. The van der Waals surface area contributed by atoms with Gasteiger partial charge in [0.25, 0.3) is 0 Å². The van der Waals surface area contributed by atoms with Crippen LogP contribution in [-0.4, -0.2) is 57.6 Å². The topological polar surface area (TPSA) is 96.0 Å². The van der Waals surface area contributed by atoms with E-state index in [1.165, 1.54) is 4.31 Å². The summed E-state index contributed by atoms with van der Waals surface area (Å²) in [6, 6.07) is 22.7. The van der Waals surface area contributed by atoms with E-state index in [0.717, 1.165) is 17.4 Å². The van der Waals surface area contributed by atoms with Gasteiger partial charge in [0, 0.05) is 38.0 Å². The molecule has 2 amide bonds. The van der Waals surface area contributed by atoms with E-state index in [1.807, 2.05) is 43.3 Å². The number of sulfonamides is 1. The molecule has 40 heavy (non-hydrogen) atoms. The summed E-state index contributed by atoms with van der Waals surface area (Å²) in [5, 5.41) is 3.22. The SMILES string of the molecule is CCOc1ccc(N(CCCC(=O)N(Cc2cccc(Cl)c2)[C@@H](Cc2ccccc2)C(=O)NC)S(C)(=O)=O)cc1. The number of hydrogen-bond donors (Lipinski definition) is 1. The highest BCUT2D eigenvalue weighted by atomic mass is 35.5. The maximum absolute atomic E-state index is 13.7. The summed E-state index contributed by atoms with van der Waals surface area (Å²) in [5.41, 5.74) is 2.19.